The third kappa shape index (κ3) is 3.47. The summed E-state index contributed by atoms with van der Waals surface area (Å²) < 4.78 is 5.70. The summed E-state index contributed by atoms with van der Waals surface area (Å²) in [7, 11) is 3.53. The quantitative estimate of drug-likeness (QED) is 0.746. The van der Waals surface area contributed by atoms with Gasteiger partial charge in [0.15, 0.2) is 0 Å². The van der Waals surface area contributed by atoms with E-state index in [4.69, 9.17) is 10.5 Å². The average Bonchev–Trinajstić information content (AvgIpc) is 2.59. The molecule has 0 aromatic carbocycles. The van der Waals surface area contributed by atoms with Crippen molar-refractivity contribution in [2.24, 2.45) is 11.7 Å². The molecule has 0 radical (unpaired) electrons. The van der Waals surface area contributed by atoms with Gasteiger partial charge in [-0.1, -0.05) is 0 Å². The SMILES string of the molecule is CC1CCC(CC(CN)C(=O)N(C)C)O1. The molecule has 0 aromatic heterocycles. The first-order valence-electron chi connectivity index (χ1n) is 5.61. The maximum Gasteiger partial charge on any atom is 0.226 e. The standard InChI is InChI=1S/C11H22N2O2/c1-8-4-5-10(15-8)6-9(7-12)11(14)13(2)3/h8-10H,4-7,12H2,1-3H3. The monoisotopic (exact) mass is 214 g/mol. The smallest absolute Gasteiger partial charge is 0.226 e. The van der Waals surface area contributed by atoms with Gasteiger partial charge in [-0.05, 0) is 26.2 Å². The Balaban J connectivity index is 2.43. The first kappa shape index (κ1) is 12.5. The molecule has 0 aromatic rings. The fourth-order valence-electron chi connectivity index (χ4n) is 2.04. The van der Waals surface area contributed by atoms with E-state index in [9.17, 15) is 4.79 Å². The number of carbonyl (C=O) groups is 1. The van der Waals surface area contributed by atoms with Crippen molar-refractivity contribution in [1.29, 1.82) is 0 Å². The van der Waals surface area contributed by atoms with Gasteiger partial charge in [0.25, 0.3) is 0 Å². The summed E-state index contributed by atoms with van der Waals surface area (Å²) >= 11 is 0. The minimum Gasteiger partial charge on any atom is -0.375 e. The number of nitrogens with zero attached hydrogens (tertiary/aromatic N) is 1. The molecule has 0 aliphatic carbocycles. The number of nitrogens with two attached hydrogens (primary N) is 1. The Morgan fingerprint density at radius 2 is 2.20 bits per heavy atom. The van der Waals surface area contributed by atoms with Gasteiger partial charge in [0.1, 0.15) is 0 Å². The summed E-state index contributed by atoms with van der Waals surface area (Å²) in [5.41, 5.74) is 5.62. The molecule has 0 saturated carbocycles. The van der Waals surface area contributed by atoms with E-state index in [-0.39, 0.29) is 17.9 Å². The van der Waals surface area contributed by atoms with Crippen molar-refractivity contribution in [2.45, 2.75) is 38.4 Å². The van der Waals surface area contributed by atoms with Crippen LogP contribution < -0.4 is 5.73 Å². The molecule has 15 heavy (non-hydrogen) atoms. The molecule has 3 atom stereocenters. The van der Waals surface area contributed by atoms with Gasteiger partial charge in [-0.25, -0.2) is 0 Å². The van der Waals surface area contributed by atoms with Crippen LogP contribution in [0.25, 0.3) is 0 Å². The summed E-state index contributed by atoms with van der Waals surface area (Å²) in [6.07, 6.45) is 3.47. The first-order chi connectivity index (χ1) is 7.04. The lowest BCUT2D eigenvalue weighted by Crippen LogP contribution is -2.36. The molecule has 0 bridgehead atoms. The highest BCUT2D eigenvalue weighted by Gasteiger charge is 2.28. The van der Waals surface area contributed by atoms with Crippen molar-refractivity contribution in [3.05, 3.63) is 0 Å². The third-order valence-electron chi connectivity index (χ3n) is 2.94. The predicted molar refractivity (Wildman–Crippen MR) is 59.4 cm³/mol. The molecule has 1 aliphatic heterocycles. The van der Waals surface area contributed by atoms with Crippen molar-refractivity contribution in [1.82, 2.24) is 4.90 Å². The van der Waals surface area contributed by atoms with Gasteiger partial charge in [0.2, 0.25) is 5.91 Å². The number of carbonyl (C=O) groups excluding carboxylic acids is 1. The molecule has 88 valence electrons. The Hall–Kier alpha value is -0.610. The van der Waals surface area contributed by atoms with E-state index in [1.165, 1.54) is 0 Å². The van der Waals surface area contributed by atoms with Crippen molar-refractivity contribution < 1.29 is 9.53 Å². The van der Waals surface area contributed by atoms with Crippen molar-refractivity contribution in [2.75, 3.05) is 20.6 Å². The molecule has 3 unspecified atom stereocenters. The number of hydrogen-bond acceptors (Lipinski definition) is 3. The number of rotatable bonds is 4. The fourth-order valence-corrected chi connectivity index (χ4v) is 2.04. The zero-order chi connectivity index (χ0) is 11.4. The molecular formula is C11H22N2O2. The van der Waals surface area contributed by atoms with E-state index >= 15 is 0 Å². The zero-order valence-corrected chi connectivity index (χ0v) is 9.90. The lowest BCUT2D eigenvalue weighted by Gasteiger charge is -2.21. The van der Waals surface area contributed by atoms with Gasteiger partial charge in [-0.3, -0.25) is 4.79 Å². The Morgan fingerprint density at radius 3 is 2.60 bits per heavy atom. The Kier molecular flexibility index (Phi) is 4.54. The molecule has 1 fully saturated rings. The highest BCUT2D eigenvalue weighted by molar-refractivity contribution is 5.78. The molecule has 4 heteroatoms. The van der Waals surface area contributed by atoms with Gasteiger partial charge in [0.05, 0.1) is 18.1 Å². The first-order valence-corrected chi connectivity index (χ1v) is 5.61. The largest absolute Gasteiger partial charge is 0.375 e. The molecular weight excluding hydrogens is 192 g/mol. The van der Waals surface area contributed by atoms with Crippen LogP contribution in [-0.2, 0) is 9.53 Å². The Labute approximate surface area is 91.8 Å². The van der Waals surface area contributed by atoms with E-state index in [1.807, 2.05) is 0 Å². The summed E-state index contributed by atoms with van der Waals surface area (Å²) in [6.45, 7) is 2.48. The molecule has 4 nitrogen and oxygen atoms in total. The normalized spacial score (nSPS) is 27.7. The minimum absolute atomic E-state index is 0.0877. The van der Waals surface area contributed by atoms with E-state index in [1.54, 1.807) is 19.0 Å². The molecule has 0 spiro atoms. The summed E-state index contributed by atoms with van der Waals surface area (Å²) in [5, 5.41) is 0. The van der Waals surface area contributed by atoms with Crippen LogP contribution >= 0.6 is 0 Å². The maximum absolute atomic E-state index is 11.7. The van der Waals surface area contributed by atoms with Crippen LogP contribution in [0, 0.1) is 5.92 Å². The Morgan fingerprint density at radius 1 is 1.53 bits per heavy atom. The summed E-state index contributed by atoms with van der Waals surface area (Å²) in [5.74, 6) is 0.0240. The van der Waals surface area contributed by atoms with E-state index < -0.39 is 0 Å². The molecule has 2 N–H and O–H groups in total. The van der Waals surface area contributed by atoms with Crippen LogP contribution in [0.15, 0.2) is 0 Å². The molecule has 1 amide bonds. The highest BCUT2D eigenvalue weighted by atomic mass is 16.5. The van der Waals surface area contributed by atoms with Gasteiger partial charge in [-0.15, -0.1) is 0 Å². The molecule has 1 heterocycles. The van der Waals surface area contributed by atoms with E-state index in [0.29, 0.717) is 12.6 Å². The highest BCUT2D eigenvalue weighted by Crippen LogP contribution is 2.24. The van der Waals surface area contributed by atoms with Gasteiger partial charge >= 0.3 is 0 Å². The zero-order valence-electron chi connectivity index (χ0n) is 9.90. The second-order valence-corrected chi connectivity index (χ2v) is 4.55. The average molecular weight is 214 g/mol. The van der Waals surface area contributed by atoms with E-state index in [0.717, 1.165) is 19.3 Å². The number of hydrogen-bond donors (Lipinski definition) is 1. The van der Waals surface area contributed by atoms with Crippen LogP contribution in [0.4, 0.5) is 0 Å². The van der Waals surface area contributed by atoms with Crippen LogP contribution in [0.3, 0.4) is 0 Å². The fraction of sp³-hybridized carbons (Fsp3) is 0.909. The van der Waals surface area contributed by atoms with Crippen LogP contribution in [0.1, 0.15) is 26.2 Å². The topological polar surface area (TPSA) is 55.6 Å². The number of amides is 1. The lowest BCUT2D eigenvalue weighted by molar-refractivity contribution is -0.133. The number of ether oxygens (including phenoxy) is 1. The molecule has 1 saturated heterocycles. The van der Waals surface area contributed by atoms with Crippen molar-refractivity contribution in [3.8, 4) is 0 Å². The van der Waals surface area contributed by atoms with Crippen LogP contribution in [0.2, 0.25) is 0 Å². The van der Waals surface area contributed by atoms with Crippen molar-refractivity contribution >= 4 is 5.91 Å². The molecule has 1 rings (SSSR count). The second-order valence-electron chi connectivity index (χ2n) is 4.55. The lowest BCUT2D eigenvalue weighted by atomic mass is 9.98. The predicted octanol–water partition coefficient (Wildman–Crippen LogP) is 0.607. The summed E-state index contributed by atoms with van der Waals surface area (Å²) in [4.78, 5) is 13.3. The van der Waals surface area contributed by atoms with Gasteiger partial charge in [-0.2, -0.15) is 0 Å². The van der Waals surface area contributed by atoms with Crippen LogP contribution in [-0.4, -0.2) is 43.7 Å². The summed E-state index contributed by atoms with van der Waals surface area (Å²) in [6, 6.07) is 0. The van der Waals surface area contributed by atoms with E-state index in [2.05, 4.69) is 6.92 Å². The van der Waals surface area contributed by atoms with Gasteiger partial charge < -0.3 is 15.4 Å². The van der Waals surface area contributed by atoms with Crippen LogP contribution in [0.5, 0.6) is 0 Å². The Bertz CT molecular complexity index is 219. The second kappa shape index (κ2) is 5.47. The molecule has 1 aliphatic rings. The minimum atomic E-state index is -0.0877. The third-order valence-corrected chi connectivity index (χ3v) is 2.94. The van der Waals surface area contributed by atoms with Crippen molar-refractivity contribution in [3.63, 3.8) is 0 Å². The maximum atomic E-state index is 11.7. The van der Waals surface area contributed by atoms with Gasteiger partial charge in [0, 0.05) is 20.6 Å².